The van der Waals surface area contributed by atoms with Crippen LogP contribution in [-0.2, 0) is 5.54 Å². The fourth-order valence-electron chi connectivity index (χ4n) is 2.67. The number of halogens is 1. The smallest absolute Gasteiger partial charge is 0.280 e. The fraction of sp³-hybridized carbons (Fsp3) is 0.357. The summed E-state index contributed by atoms with van der Waals surface area (Å²) in [6.07, 6.45) is 4.00. The number of thiophene rings is 1. The van der Waals surface area contributed by atoms with E-state index in [9.17, 15) is 0 Å². The standard InChI is InChI=1S/C14H14N4O2S.ClH/c15-14(5-1-2-6-14)13-16-12(20-18-13)9-8-10(19-17-9)11-4-3-7-21-11;/h3-4,7-8H,1-2,5-6,15H2;1H. The number of nitrogens with two attached hydrogens (primary N) is 1. The van der Waals surface area contributed by atoms with Crippen LogP contribution in [0.15, 0.2) is 32.6 Å². The first-order chi connectivity index (χ1) is 10.2. The molecule has 0 aliphatic heterocycles. The Morgan fingerprint density at radius 1 is 1.18 bits per heavy atom. The van der Waals surface area contributed by atoms with Gasteiger partial charge in [0, 0.05) is 6.07 Å². The summed E-state index contributed by atoms with van der Waals surface area (Å²) in [5.74, 6) is 1.62. The third-order valence-electron chi connectivity index (χ3n) is 3.86. The molecular weight excluding hydrogens is 324 g/mol. The minimum absolute atomic E-state index is 0. The first-order valence-electron chi connectivity index (χ1n) is 6.89. The Labute approximate surface area is 137 Å². The van der Waals surface area contributed by atoms with Crippen LogP contribution in [0.5, 0.6) is 0 Å². The maximum atomic E-state index is 6.33. The lowest BCUT2D eigenvalue weighted by atomic mass is 9.99. The highest BCUT2D eigenvalue weighted by Crippen LogP contribution is 2.35. The van der Waals surface area contributed by atoms with Gasteiger partial charge in [0.05, 0.1) is 10.4 Å². The van der Waals surface area contributed by atoms with Gasteiger partial charge in [0.2, 0.25) is 0 Å². The molecule has 4 rings (SSSR count). The van der Waals surface area contributed by atoms with E-state index in [2.05, 4.69) is 15.3 Å². The largest absolute Gasteiger partial charge is 0.355 e. The Morgan fingerprint density at radius 2 is 2.00 bits per heavy atom. The lowest BCUT2D eigenvalue weighted by molar-refractivity contribution is 0.370. The third kappa shape index (κ3) is 2.55. The molecule has 0 aromatic carbocycles. The summed E-state index contributed by atoms with van der Waals surface area (Å²) >= 11 is 1.59. The summed E-state index contributed by atoms with van der Waals surface area (Å²) in [6, 6.07) is 5.74. The summed E-state index contributed by atoms with van der Waals surface area (Å²) in [6.45, 7) is 0. The first-order valence-corrected chi connectivity index (χ1v) is 7.77. The highest BCUT2D eigenvalue weighted by molar-refractivity contribution is 7.13. The fourth-order valence-corrected chi connectivity index (χ4v) is 3.34. The van der Waals surface area contributed by atoms with E-state index in [0.29, 0.717) is 23.2 Å². The van der Waals surface area contributed by atoms with Crippen LogP contribution in [-0.4, -0.2) is 15.3 Å². The Balaban J connectivity index is 0.00000144. The van der Waals surface area contributed by atoms with E-state index in [1.165, 1.54) is 0 Å². The van der Waals surface area contributed by atoms with Crippen LogP contribution in [0.3, 0.4) is 0 Å². The van der Waals surface area contributed by atoms with E-state index >= 15 is 0 Å². The molecule has 0 amide bonds. The number of aromatic nitrogens is 3. The summed E-state index contributed by atoms with van der Waals surface area (Å²) in [5.41, 5.74) is 6.41. The average Bonchev–Trinajstić information content (AvgIpc) is 3.25. The summed E-state index contributed by atoms with van der Waals surface area (Å²) in [4.78, 5) is 5.42. The van der Waals surface area contributed by atoms with Crippen molar-refractivity contribution in [3.8, 4) is 22.2 Å². The van der Waals surface area contributed by atoms with Crippen molar-refractivity contribution in [1.29, 1.82) is 0 Å². The van der Waals surface area contributed by atoms with Crippen molar-refractivity contribution in [2.45, 2.75) is 31.2 Å². The van der Waals surface area contributed by atoms with Gasteiger partial charge in [0.15, 0.2) is 17.3 Å². The Kier molecular flexibility index (Phi) is 4.03. The van der Waals surface area contributed by atoms with Gasteiger partial charge in [-0.05, 0) is 24.3 Å². The molecule has 0 radical (unpaired) electrons. The normalized spacial score (nSPS) is 16.6. The molecule has 1 aliphatic rings. The van der Waals surface area contributed by atoms with Crippen molar-refractivity contribution in [3.05, 3.63) is 29.4 Å². The van der Waals surface area contributed by atoms with Crippen molar-refractivity contribution >= 4 is 23.7 Å². The van der Waals surface area contributed by atoms with Gasteiger partial charge < -0.3 is 14.8 Å². The predicted octanol–water partition coefficient (Wildman–Crippen LogP) is 3.60. The summed E-state index contributed by atoms with van der Waals surface area (Å²) in [5, 5.41) is 10.0. The molecule has 1 fully saturated rings. The van der Waals surface area contributed by atoms with E-state index in [0.717, 1.165) is 30.6 Å². The Morgan fingerprint density at radius 3 is 2.73 bits per heavy atom. The second-order valence-electron chi connectivity index (χ2n) is 5.34. The van der Waals surface area contributed by atoms with Crippen LogP contribution >= 0.6 is 23.7 Å². The highest BCUT2D eigenvalue weighted by atomic mass is 35.5. The monoisotopic (exact) mass is 338 g/mol. The molecule has 3 aromatic heterocycles. The van der Waals surface area contributed by atoms with Crippen molar-refractivity contribution in [3.63, 3.8) is 0 Å². The Hall–Kier alpha value is -1.70. The molecule has 22 heavy (non-hydrogen) atoms. The highest BCUT2D eigenvalue weighted by Gasteiger charge is 2.36. The molecule has 6 nitrogen and oxygen atoms in total. The quantitative estimate of drug-likeness (QED) is 0.784. The van der Waals surface area contributed by atoms with Crippen molar-refractivity contribution in [1.82, 2.24) is 15.3 Å². The van der Waals surface area contributed by atoms with E-state index < -0.39 is 5.54 Å². The van der Waals surface area contributed by atoms with Gasteiger partial charge >= 0.3 is 0 Å². The van der Waals surface area contributed by atoms with Crippen LogP contribution in [0.4, 0.5) is 0 Å². The van der Waals surface area contributed by atoms with Crippen LogP contribution in [0.25, 0.3) is 22.2 Å². The van der Waals surface area contributed by atoms with Crippen molar-refractivity contribution < 1.29 is 9.05 Å². The number of rotatable bonds is 3. The van der Waals surface area contributed by atoms with Gasteiger partial charge in [-0.15, -0.1) is 23.7 Å². The zero-order valence-corrected chi connectivity index (χ0v) is 13.3. The topological polar surface area (TPSA) is 91.0 Å². The van der Waals surface area contributed by atoms with E-state index in [1.54, 1.807) is 17.4 Å². The summed E-state index contributed by atoms with van der Waals surface area (Å²) in [7, 11) is 0. The molecule has 8 heteroatoms. The van der Waals surface area contributed by atoms with E-state index in [1.807, 2.05) is 17.5 Å². The van der Waals surface area contributed by atoms with Gasteiger partial charge in [-0.25, -0.2) is 0 Å². The maximum absolute atomic E-state index is 6.33. The van der Waals surface area contributed by atoms with Gasteiger partial charge in [-0.2, -0.15) is 4.98 Å². The second-order valence-corrected chi connectivity index (χ2v) is 6.29. The first kappa shape index (κ1) is 15.2. The zero-order valence-electron chi connectivity index (χ0n) is 11.7. The third-order valence-corrected chi connectivity index (χ3v) is 4.74. The van der Waals surface area contributed by atoms with Gasteiger partial charge in [0.1, 0.15) is 0 Å². The molecule has 1 saturated carbocycles. The lowest BCUT2D eigenvalue weighted by Crippen LogP contribution is -2.34. The van der Waals surface area contributed by atoms with Crippen LogP contribution in [0.2, 0.25) is 0 Å². The van der Waals surface area contributed by atoms with E-state index in [4.69, 9.17) is 14.8 Å². The molecule has 0 spiro atoms. The minimum Gasteiger partial charge on any atom is -0.355 e. The second kappa shape index (κ2) is 5.83. The van der Waals surface area contributed by atoms with E-state index in [-0.39, 0.29) is 12.4 Å². The lowest BCUT2D eigenvalue weighted by Gasteiger charge is -2.17. The number of hydrogen-bond acceptors (Lipinski definition) is 7. The van der Waals surface area contributed by atoms with Crippen LogP contribution < -0.4 is 5.73 Å². The SMILES string of the molecule is Cl.NC1(c2noc(-c3cc(-c4cccs4)on3)n2)CCCC1. The van der Waals surface area contributed by atoms with Crippen LogP contribution in [0.1, 0.15) is 31.5 Å². The Bertz CT molecular complexity index is 747. The molecular formula is C14H15ClN4O2S. The molecule has 116 valence electrons. The molecule has 0 unspecified atom stereocenters. The molecule has 0 bridgehead atoms. The molecule has 0 saturated heterocycles. The van der Waals surface area contributed by atoms with Crippen molar-refractivity contribution in [2.75, 3.05) is 0 Å². The number of hydrogen-bond donors (Lipinski definition) is 1. The van der Waals surface area contributed by atoms with Crippen LogP contribution in [0, 0.1) is 0 Å². The van der Waals surface area contributed by atoms with Crippen molar-refractivity contribution in [2.24, 2.45) is 5.73 Å². The van der Waals surface area contributed by atoms with Gasteiger partial charge in [-0.3, -0.25) is 0 Å². The van der Waals surface area contributed by atoms with Gasteiger partial charge in [-0.1, -0.05) is 29.2 Å². The molecule has 1 aliphatic carbocycles. The molecule has 3 aromatic rings. The summed E-state index contributed by atoms with van der Waals surface area (Å²) < 4.78 is 10.6. The molecule has 3 heterocycles. The zero-order chi connectivity index (χ0) is 14.3. The average molecular weight is 339 g/mol. The number of nitrogens with zero attached hydrogens (tertiary/aromatic N) is 3. The predicted molar refractivity (Wildman–Crippen MR) is 84.7 cm³/mol. The van der Waals surface area contributed by atoms with Gasteiger partial charge in [0.25, 0.3) is 5.89 Å². The molecule has 2 N–H and O–H groups in total. The minimum atomic E-state index is -0.456. The molecule has 0 atom stereocenters. The maximum Gasteiger partial charge on any atom is 0.280 e.